The summed E-state index contributed by atoms with van der Waals surface area (Å²) in [6, 6.07) is 9.95. The average molecular weight is 380 g/mol. The van der Waals surface area contributed by atoms with Gasteiger partial charge in [0.1, 0.15) is 0 Å². The maximum Gasteiger partial charge on any atom is 0.254 e. The van der Waals surface area contributed by atoms with Crippen molar-refractivity contribution >= 4 is 22.5 Å². The van der Waals surface area contributed by atoms with Gasteiger partial charge in [-0.2, -0.15) is 5.26 Å². The summed E-state index contributed by atoms with van der Waals surface area (Å²) in [6.07, 6.45) is 1.68. The minimum Gasteiger partial charge on any atom is -0.481 e. The Morgan fingerprint density at radius 2 is 1.96 bits per heavy atom. The minimum atomic E-state index is 0.0233. The van der Waals surface area contributed by atoms with E-state index in [4.69, 9.17) is 9.47 Å². The smallest absolute Gasteiger partial charge is 0.254 e. The molecule has 0 spiro atoms. The van der Waals surface area contributed by atoms with Crippen LogP contribution in [0.25, 0.3) is 10.9 Å². The largest absolute Gasteiger partial charge is 0.481 e. The van der Waals surface area contributed by atoms with Crippen LogP contribution in [0.1, 0.15) is 23.2 Å². The van der Waals surface area contributed by atoms with Crippen LogP contribution < -0.4 is 9.64 Å². The van der Waals surface area contributed by atoms with E-state index in [9.17, 15) is 10.1 Å². The van der Waals surface area contributed by atoms with Gasteiger partial charge in [-0.3, -0.25) is 4.79 Å². The predicted octanol–water partition coefficient (Wildman–Crippen LogP) is 2.46. The molecular weight excluding hydrogens is 356 g/mol. The second-order valence-corrected chi connectivity index (χ2v) is 7.21. The molecule has 0 bridgehead atoms. The summed E-state index contributed by atoms with van der Waals surface area (Å²) in [5, 5.41) is 10.1. The van der Waals surface area contributed by atoms with Crippen LogP contribution in [0.4, 0.5) is 5.69 Å². The highest BCUT2D eigenvalue weighted by molar-refractivity contribution is 6.01. The number of morpholine rings is 1. The molecule has 1 aromatic heterocycles. The molecule has 1 amide bonds. The number of hydrogen-bond acceptors (Lipinski definition) is 6. The molecule has 2 fully saturated rings. The van der Waals surface area contributed by atoms with Gasteiger partial charge in [0.15, 0.2) is 0 Å². The number of amides is 1. The summed E-state index contributed by atoms with van der Waals surface area (Å²) >= 11 is 0. The molecule has 28 heavy (non-hydrogen) atoms. The number of ether oxygens (including phenoxy) is 2. The van der Waals surface area contributed by atoms with Crippen molar-refractivity contribution in [2.75, 3.05) is 51.4 Å². The molecule has 4 rings (SSSR count). The van der Waals surface area contributed by atoms with Crippen LogP contribution in [0, 0.1) is 17.2 Å². The van der Waals surface area contributed by atoms with Crippen LogP contribution in [0.5, 0.6) is 5.88 Å². The first-order valence-corrected chi connectivity index (χ1v) is 9.70. The number of aromatic nitrogens is 1. The maximum absolute atomic E-state index is 12.9. The van der Waals surface area contributed by atoms with Crippen molar-refractivity contribution in [2.24, 2.45) is 5.92 Å². The molecule has 7 heteroatoms. The van der Waals surface area contributed by atoms with Crippen molar-refractivity contribution in [3.05, 3.63) is 29.8 Å². The number of hydrogen-bond donors (Lipinski definition) is 0. The minimum absolute atomic E-state index is 0.0233. The van der Waals surface area contributed by atoms with Crippen molar-refractivity contribution in [3.63, 3.8) is 0 Å². The van der Waals surface area contributed by atoms with Crippen LogP contribution in [-0.4, -0.2) is 62.3 Å². The van der Waals surface area contributed by atoms with E-state index in [0.29, 0.717) is 37.7 Å². The van der Waals surface area contributed by atoms with E-state index < -0.39 is 0 Å². The first-order chi connectivity index (χ1) is 13.7. The van der Waals surface area contributed by atoms with E-state index in [1.165, 1.54) is 0 Å². The maximum atomic E-state index is 12.9. The molecule has 0 aliphatic carbocycles. The van der Waals surface area contributed by atoms with Gasteiger partial charge in [-0.1, -0.05) is 0 Å². The zero-order valence-electron chi connectivity index (χ0n) is 16.1. The second kappa shape index (κ2) is 8.03. The molecule has 2 aliphatic rings. The number of carbonyl (C=O) groups is 1. The number of anilines is 1. The highest BCUT2D eigenvalue weighted by atomic mass is 16.5. The Labute approximate surface area is 164 Å². The summed E-state index contributed by atoms with van der Waals surface area (Å²) in [5.74, 6) is 0.692. The highest BCUT2D eigenvalue weighted by Gasteiger charge is 2.23. The first-order valence-electron chi connectivity index (χ1n) is 9.70. The van der Waals surface area contributed by atoms with Crippen molar-refractivity contribution in [1.29, 1.82) is 5.26 Å². The molecule has 0 atom stereocenters. The van der Waals surface area contributed by atoms with Crippen LogP contribution in [-0.2, 0) is 4.74 Å². The van der Waals surface area contributed by atoms with Gasteiger partial charge in [-0.15, -0.1) is 0 Å². The lowest BCUT2D eigenvalue weighted by Gasteiger charge is -2.32. The SMILES string of the molecule is COc1cc(N2CCC(C#N)CC2)c2cc(C(=O)N3CCOCC3)ccc2n1. The van der Waals surface area contributed by atoms with Crippen molar-refractivity contribution in [1.82, 2.24) is 9.88 Å². The Bertz CT molecular complexity index is 910. The number of nitrogens with zero attached hydrogens (tertiary/aromatic N) is 4. The van der Waals surface area contributed by atoms with Gasteiger partial charge < -0.3 is 19.3 Å². The lowest BCUT2D eigenvalue weighted by molar-refractivity contribution is 0.0303. The van der Waals surface area contributed by atoms with E-state index in [2.05, 4.69) is 16.0 Å². The van der Waals surface area contributed by atoms with Gasteiger partial charge in [0, 0.05) is 49.1 Å². The van der Waals surface area contributed by atoms with Gasteiger partial charge in [0.2, 0.25) is 5.88 Å². The van der Waals surface area contributed by atoms with Crippen molar-refractivity contribution in [3.8, 4) is 11.9 Å². The summed E-state index contributed by atoms with van der Waals surface area (Å²) in [5.41, 5.74) is 2.47. The fourth-order valence-electron chi connectivity index (χ4n) is 3.88. The molecule has 0 saturated carbocycles. The second-order valence-electron chi connectivity index (χ2n) is 7.21. The van der Waals surface area contributed by atoms with E-state index in [0.717, 1.165) is 42.5 Å². The van der Waals surface area contributed by atoms with Gasteiger partial charge in [-0.05, 0) is 31.0 Å². The van der Waals surface area contributed by atoms with Crippen LogP contribution >= 0.6 is 0 Å². The van der Waals surface area contributed by atoms with E-state index in [-0.39, 0.29) is 11.8 Å². The molecule has 7 nitrogen and oxygen atoms in total. The van der Waals surface area contributed by atoms with Gasteiger partial charge in [0.25, 0.3) is 5.91 Å². The highest BCUT2D eigenvalue weighted by Crippen LogP contribution is 2.33. The number of benzene rings is 1. The molecule has 2 aromatic rings. The summed E-state index contributed by atoms with van der Waals surface area (Å²) in [6.45, 7) is 4.01. The number of methoxy groups -OCH3 is 1. The fourth-order valence-corrected chi connectivity index (χ4v) is 3.88. The van der Waals surface area contributed by atoms with Crippen LogP contribution in [0.15, 0.2) is 24.3 Å². The molecule has 2 saturated heterocycles. The Balaban J connectivity index is 1.70. The molecule has 0 unspecified atom stereocenters. The quantitative estimate of drug-likeness (QED) is 0.814. The number of piperidine rings is 1. The Morgan fingerprint density at radius 1 is 1.21 bits per heavy atom. The third-order valence-electron chi connectivity index (χ3n) is 5.54. The monoisotopic (exact) mass is 380 g/mol. The average Bonchev–Trinajstić information content (AvgIpc) is 2.78. The first kappa shape index (κ1) is 18.5. The molecule has 1 aromatic carbocycles. The Morgan fingerprint density at radius 3 is 2.64 bits per heavy atom. The third-order valence-corrected chi connectivity index (χ3v) is 5.54. The molecule has 2 aliphatic heterocycles. The Hall–Kier alpha value is -2.85. The predicted molar refractivity (Wildman–Crippen MR) is 106 cm³/mol. The summed E-state index contributed by atoms with van der Waals surface area (Å²) in [7, 11) is 1.61. The molecule has 146 valence electrons. The van der Waals surface area contributed by atoms with E-state index >= 15 is 0 Å². The number of nitriles is 1. The number of fused-ring (bicyclic) bond motifs is 1. The molecule has 0 radical (unpaired) electrons. The van der Waals surface area contributed by atoms with E-state index in [1.807, 2.05) is 29.2 Å². The third kappa shape index (κ3) is 3.60. The molecule has 3 heterocycles. The summed E-state index contributed by atoms with van der Waals surface area (Å²) < 4.78 is 10.7. The standard InChI is InChI=1S/C21H24N4O3/c1-27-20-13-19(24-6-4-15(14-22)5-7-24)17-12-16(2-3-18(17)23-20)21(26)25-8-10-28-11-9-25/h2-3,12-13,15H,4-11H2,1H3. The van der Waals surface area contributed by atoms with Crippen molar-refractivity contribution in [2.45, 2.75) is 12.8 Å². The molecule has 0 N–H and O–H groups in total. The fraction of sp³-hybridized carbons (Fsp3) is 0.476. The zero-order chi connectivity index (χ0) is 19.5. The van der Waals surface area contributed by atoms with Gasteiger partial charge in [0.05, 0.1) is 37.6 Å². The topological polar surface area (TPSA) is 78.7 Å². The van der Waals surface area contributed by atoms with Crippen LogP contribution in [0.2, 0.25) is 0 Å². The van der Waals surface area contributed by atoms with Crippen molar-refractivity contribution < 1.29 is 14.3 Å². The normalized spacial score (nSPS) is 18.1. The number of rotatable bonds is 3. The zero-order valence-corrected chi connectivity index (χ0v) is 16.1. The lowest BCUT2D eigenvalue weighted by atomic mass is 9.97. The van der Waals surface area contributed by atoms with Gasteiger partial charge >= 0.3 is 0 Å². The Kier molecular flexibility index (Phi) is 5.31. The lowest BCUT2D eigenvalue weighted by Crippen LogP contribution is -2.40. The van der Waals surface area contributed by atoms with Gasteiger partial charge in [-0.25, -0.2) is 4.98 Å². The van der Waals surface area contributed by atoms with E-state index in [1.54, 1.807) is 7.11 Å². The van der Waals surface area contributed by atoms with Crippen LogP contribution in [0.3, 0.4) is 0 Å². The summed E-state index contributed by atoms with van der Waals surface area (Å²) in [4.78, 5) is 21.6. The number of carbonyl (C=O) groups excluding carboxylic acids is 1. The number of pyridine rings is 1. The molecular formula is C21H24N4O3.